The van der Waals surface area contributed by atoms with Gasteiger partial charge in [-0.05, 0) is 50.7 Å². The molecule has 0 fully saturated rings. The summed E-state index contributed by atoms with van der Waals surface area (Å²) >= 11 is 0. The molecule has 0 spiro atoms. The number of para-hydroxylation sites is 1. The fourth-order valence-corrected chi connectivity index (χ4v) is 2.37. The summed E-state index contributed by atoms with van der Waals surface area (Å²) in [5, 5.41) is 0. The maximum Gasteiger partial charge on any atom is 0.163 e. The van der Waals surface area contributed by atoms with Crippen LogP contribution in [0.2, 0.25) is 0 Å². The third-order valence-electron chi connectivity index (χ3n) is 3.98. The molecule has 2 aromatic carbocycles. The molecular weight excluding hydrogens is 293 g/mol. The number of rotatable bonds is 7. The average Bonchev–Trinajstić information content (AvgIpc) is 2.55. The third-order valence-corrected chi connectivity index (χ3v) is 3.98. The number of halogens is 1. The molecular formula is C19H22FNO2. The van der Waals surface area contributed by atoms with E-state index in [1.165, 1.54) is 19.1 Å². The Bertz CT molecular complexity index is 655. The van der Waals surface area contributed by atoms with Gasteiger partial charge in [0.25, 0.3) is 0 Å². The minimum atomic E-state index is -0.229. The van der Waals surface area contributed by atoms with Gasteiger partial charge in [-0.15, -0.1) is 0 Å². The second kappa shape index (κ2) is 7.88. The van der Waals surface area contributed by atoms with Crippen LogP contribution in [0.4, 0.5) is 4.39 Å². The van der Waals surface area contributed by atoms with Crippen LogP contribution in [-0.4, -0.2) is 30.9 Å². The zero-order valence-corrected chi connectivity index (χ0v) is 13.8. The van der Waals surface area contributed by atoms with Crippen molar-refractivity contribution in [2.45, 2.75) is 19.9 Å². The maximum absolute atomic E-state index is 13.0. The van der Waals surface area contributed by atoms with Gasteiger partial charge in [0, 0.05) is 12.6 Å². The fourth-order valence-electron chi connectivity index (χ4n) is 2.37. The summed E-state index contributed by atoms with van der Waals surface area (Å²) < 4.78 is 18.7. The van der Waals surface area contributed by atoms with Crippen LogP contribution in [0.3, 0.4) is 0 Å². The molecule has 0 radical (unpaired) electrons. The molecule has 0 aromatic heterocycles. The minimum Gasteiger partial charge on any atom is -0.491 e. The third kappa shape index (κ3) is 4.63. The number of Topliss-reactive ketones (excluding diaryl/α,β-unsaturated/α-hetero) is 1. The molecule has 0 N–H and O–H groups in total. The summed E-state index contributed by atoms with van der Waals surface area (Å²) in [6.45, 7) is 4.78. The Labute approximate surface area is 136 Å². The molecule has 4 heteroatoms. The quantitative estimate of drug-likeness (QED) is 0.720. The van der Waals surface area contributed by atoms with Crippen molar-refractivity contribution in [3.8, 4) is 5.75 Å². The zero-order chi connectivity index (χ0) is 16.8. The van der Waals surface area contributed by atoms with Crippen LogP contribution in [0.1, 0.15) is 35.8 Å². The lowest BCUT2D eigenvalue weighted by Crippen LogP contribution is -2.27. The highest BCUT2D eigenvalue weighted by atomic mass is 19.1. The van der Waals surface area contributed by atoms with Crippen LogP contribution < -0.4 is 4.74 Å². The first-order valence-electron chi connectivity index (χ1n) is 7.67. The number of likely N-dealkylation sites (N-methyl/N-ethyl adjacent to an activating group) is 1. The molecule has 2 aromatic rings. The van der Waals surface area contributed by atoms with Gasteiger partial charge in [-0.3, -0.25) is 9.69 Å². The number of nitrogens with zero attached hydrogens (tertiary/aromatic N) is 1. The summed E-state index contributed by atoms with van der Waals surface area (Å²) in [5.74, 6) is 0.379. The Morgan fingerprint density at radius 3 is 2.48 bits per heavy atom. The average molecular weight is 315 g/mol. The van der Waals surface area contributed by atoms with E-state index in [-0.39, 0.29) is 17.6 Å². The van der Waals surface area contributed by atoms with E-state index in [9.17, 15) is 9.18 Å². The number of carbonyl (C=O) groups excluding carboxylic acids is 1. The minimum absolute atomic E-state index is 0.00589. The molecule has 0 heterocycles. The van der Waals surface area contributed by atoms with Crippen molar-refractivity contribution in [2.24, 2.45) is 0 Å². The molecule has 0 bridgehead atoms. The Morgan fingerprint density at radius 2 is 1.83 bits per heavy atom. The Balaban J connectivity index is 1.91. The maximum atomic E-state index is 13.0. The molecule has 0 aliphatic carbocycles. The number of benzene rings is 2. The molecule has 0 saturated heterocycles. The largest absolute Gasteiger partial charge is 0.491 e. The van der Waals surface area contributed by atoms with Crippen molar-refractivity contribution in [2.75, 3.05) is 20.2 Å². The predicted molar refractivity (Wildman–Crippen MR) is 89.4 cm³/mol. The Morgan fingerprint density at radius 1 is 1.17 bits per heavy atom. The van der Waals surface area contributed by atoms with E-state index >= 15 is 0 Å². The van der Waals surface area contributed by atoms with Crippen molar-refractivity contribution in [3.63, 3.8) is 0 Å². The number of ether oxygens (including phenoxy) is 1. The fraction of sp³-hybridized carbons (Fsp3) is 0.316. The van der Waals surface area contributed by atoms with E-state index in [0.29, 0.717) is 24.5 Å². The molecule has 0 amide bonds. The lowest BCUT2D eigenvalue weighted by atomic mass is 10.1. The van der Waals surface area contributed by atoms with Crippen molar-refractivity contribution >= 4 is 5.78 Å². The molecule has 1 atom stereocenters. The van der Waals surface area contributed by atoms with Gasteiger partial charge >= 0.3 is 0 Å². The van der Waals surface area contributed by atoms with Crippen molar-refractivity contribution in [3.05, 3.63) is 65.5 Å². The van der Waals surface area contributed by atoms with Gasteiger partial charge in [-0.1, -0.05) is 24.3 Å². The monoisotopic (exact) mass is 315 g/mol. The van der Waals surface area contributed by atoms with Crippen LogP contribution in [0, 0.1) is 5.82 Å². The molecule has 3 nitrogen and oxygen atoms in total. The van der Waals surface area contributed by atoms with E-state index < -0.39 is 0 Å². The van der Waals surface area contributed by atoms with Crippen LogP contribution in [0.5, 0.6) is 5.75 Å². The van der Waals surface area contributed by atoms with E-state index in [1.807, 2.05) is 19.2 Å². The van der Waals surface area contributed by atoms with Crippen molar-refractivity contribution in [1.82, 2.24) is 4.90 Å². The first kappa shape index (κ1) is 17.2. The van der Waals surface area contributed by atoms with Gasteiger partial charge in [-0.2, -0.15) is 0 Å². The first-order chi connectivity index (χ1) is 11.0. The first-order valence-corrected chi connectivity index (χ1v) is 7.67. The van der Waals surface area contributed by atoms with Crippen LogP contribution in [0.15, 0.2) is 48.5 Å². The second-order valence-corrected chi connectivity index (χ2v) is 5.61. The molecule has 1 unspecified atom stereocenters. The molecule has 23 heavy (non-hydrogen) atoms. The summed E-state index contributed by atoms with van der Waals surface area (Å²) in [5.41, 5.74) is 1.65. The van der Waals surface area contributed by atoms with Gasteiger partial charge in [0.05, 0.1) is 5.56 Å². The SMILES string of the molecule is CC(=O)c1ccccc1OCCN(C)C(C)c1ccc(F)cc1. The van der Waals surface area contributed by atoms with E-state index in [2.05, 4.69) is 11.8 Å². The predicted octanol–water partition coefficient (Wildman–Crippen LogP) is 4.10. The lowest BCUT2D eigenvalue weighted by molar-refractivity contribution is 0.101. The zero-order valence-electron chi connectivity index (χ0n) is 13.8. The number of hydrogen-bond donors (Lipinski definition) is 0. The highest BCUT2D eigenvalue weighted by Gasteiger charge is 2.12. The number of carbonyl (C=O) groups is 1. The van der Waals surface area contributed by atoms with Gasteiger partial charge in [0.1, 0.15) is 18.2 Å². The van der Waals surface area contributed by atoms with Crippen LogP contribution in [0.25, 0.3) is 0 Å². The number of ketones is 1. The molecule has 122 valence electrons. The summed E-state index contributed by atoms with van der Waals surface area (Å²) in [6.07, 6.45) is 0. The van der Waals surface area contributed by atoms with E-state index in [4.69, 9.17) is 4.74 Å². The van der Waals surface area contributed by atoms with Crippen molar-refractivity contribution in [1.29, 1.82) is 0 Å². The summed E-state index contributed by atoms with van der Waals surface area (Å²) in [7, 11) is 1.99. The lowest BCUT2D eigenvalue weighted by Gasteiger charge is -2.25. The van der Waals surface area contributed by atoms with Crippen LogP contribution >= 0.6 is 0 Å². The topological polar surface area (TPSA) is 29.5 Å². The van der Waals surface area contributed by atoms with Gasteiger partial charge in [0.15, 0.2) is 5.78 Å². The molecule has 0 aliphatic rings. The molecule has 2 rings (SSSR count). The standard InChI is InChI=1S/C19H22FNO2/c1-14(16-8-10-17(20)11-9-16)21(3)12-13-23-19-7-5-4-6-18(19)15(2)22/h4-11,14H,12-13H2,1-3H3. The summed E-state index contributed by atoms with van der Waals surface area (Å²) in [4.78, 5) is 13.7. The van der Waals surface area contributed by atoms with Gasteiger partial charge < -0.3 is 4.74 Å². The second-order valence-electron chi connectivity index (χ2n) is 5.61. The smallest absolute Gasteiger partial charge is 0.163 e. The van der Waals surface area contributed by atoms with Gasteiger partial charge in [-0.25, -0.2) is 4.39 Å². The van der Waals surface area contributed by atoms with E-state index in [1.54, 1.807) is 24.3 Å². The Kier molecular flexibility index (Phi) is 5.88. The summed E-state index contributed by atoms with van der Waals surface area (Å²) in [6, 6.07) is 13.9. The highest BCUT2D eigenvalue weighted by molar-refractivity contribution is 5.96. The Hall–Kier alpha value is -2.20. The van der Waals surface area contributed by atoms with Crippen LogP contribution in [-0.2, 0) is 0 Å². The van der Waals surface area contributed by atoms with E-state index in [0.717, 1.165) is 5.56 Å². The highest BCUT2D eigenvalue weighted by Crippen LogP contribution is 2.20. The van der Waals surface area contributed by atoms with Crippen molar-refractivity contribution < 1.29 is 13.9 Å². The molecule has 0 saturated carbocycles. The normalized spacial score (nSPS) is 12.2. The van der Waals surface area contributed by atoms with Gasteiger partial charge in [0.2, 0.25) is 0 Å². The molecule has 0 aliphatic heterocycles. The number of hydrogen-bond acceptors (Lipinski definition) is 3.